The highest BCUT2D eigenvalue weighted by Gasteiger charge is 2.28. The predicted molar refractivity (Wildman–Crippen MR) is 156 cm³/mol. The zero-order valence-electron chi connectivity index (χ0n) is 23.0. The van der Waals surface area contributed by atoms with Crippen LogP contribution in [0.2, 0.25) is 0 Å². The lowest BCUT2D eigenvalue weighted by Crippen LogP contribution is -2.45. The van der Waals surface area contributed by atoms with Crippen LogP contribution in [0.3, 0.4) is 0 Å². The van der Waals surface area contributed by atoms with Crippen LogP contribution in [0.15, 0.2) is 78.9 Å². The minimum atomic E-state index is 0.662. The quantitative estimate of drug-likeness (QED) is 0.281. The number of fused-ring (bicyclic) bond motifs is 1. The van der Waals surface area contributed by atoms with E-state index >= 15 is 0 Å². The molecule has 0 fully saturated rings. The molecular weight excluding hydrogens is 500 g/mol. The molecule has 3 heterocycles. The van der Waals surface area contributed by atoms with Crippen molar-refractivity contribution in [3.05, 3.63) is 102 Å². The second-order valence-electron chi connectivity index (χ2n) is 10.2. The molecule has 0 aliphatic carbocycles. The molecule has 2 aromatic heterocycles. The van der Waals surface area contributed by atoms with Crippen LogP contribution in [0.4, 0.5) is 5.82 Å². The zero-order chi connectivity index (χ0) is 27.3. The van der Waals surface area contributed by atoms with Gasteiger partial charge in [-0.1, -0.05) is 78.9 Å². The van der Waals surface area contributed by atoms with Gasteiger partial charge in [-0.2, -0.15) is 0 Å². The Kier molecular flexibility index (Phi) is 7.65. The molecule has 1 aliphatic rings. The van der Waals surface area contributed by atoms with E-state index in [4.69, 9.17) is 9.72 Å². The minimum Gasteiger partial charge on any atom is -0.383 e. The summed E-state index contributed by atoms with van der Waals surface area (Å²) in [5.41, 5.74) is 7.05. The average Bonchev–Trinajstić information content (AvgIpc) is 3.64. The van der Waals surface area contributed by atoms with E-state index in [2.05, 4.69) is 103 Å². The van der Waals surface area contributed by atoms with Crippen molar-refractivity contribution in [1.29, 1.82) is 0 Å². The molecule has 1 N–H and O–H groups in total. The number of ether oxygens (including phenoxy) is 1. The summed E-state index contributed by atoms with van der Waals surface area (Å²) in [4.78, 5) is 9.90. The monoisotopic (exact) mass is 534 g/mol. The third kappa shape index (κ3) is 5.52. The Labute approximate surface area is 234 Å². The van der Waals surface area contributed by atoms with Gasteiger partial charge in [0.1, 0.15) is 5.82 Å². The number of rotatable bonds is 10. The number of methoxy groups -OCH3 is 1. The first-order valence-corrected chi connectivity index (χ1v) is 13.7. The lowest BCUT2D eigenvalue weighted by molar-refractivity contribution is 0.191. The van der Waals surface area contributed by atoms with Crippen molar-refractivity contribution in [2.75, 3.05) is 38.4 Å². The summed E-state index contributed by atoms with van der Waals surface area (Å²) in [6.07, 6.45) is 1.02. The van der Waals surface area contributed by atoms with E-state index < -0.39 is 0 Å². The molecule has 0 unspecified atom stereocenters. The van der Waals surface area contributed by atoms with Crippen molar-refractivity contribution in [3.8, 4) is 22.5 Å². The van der Waals surface area contributed by atoms with E-state index in [9.17, 15) is 0 Å². The zero-order valence-corrected chi connectivity index (χ0v) is 23.0. The van der Waals surface area contributed by atoms with E-state index in [1.54, 1.807) is 7.11 Å². The molecule has 1 aliphatic heterocycles. The molecule has 0 saturated carbocycles. The number of hydrogen-bond donors (Lipinski definition) is 1. The number of imidazole rings is 1. The van der Waals surface area contributed by atoms with Crippen molar-refractivity contribution in [2.45, 2.75) is 26.4 Å². The fourth-order valence-electron chi connectivity index (χ4n) is 5.43. The smallest absolute Gasteiger partial charge is 0.180 e. The van der Waals surface area contributed by atoms with Crippen molar-refractivity contribution >= 4 is 5.82 Å². The highest BCUT2D eigenvalue weighted by molar-refractivity contribution is 5.80. The van der Waals surface area contributed by atoms with Crippen LogP contribution in [0, 0.1) is 6.92 Å². The Bertz CT molecular complexity index is 1530. The molecule has 0 atom stereocenters. The molecule has 40 heavy (non-hydrogen) atoms. The maximum Gasteiger partial charge on any atom is 0.180 e. The molecule has 5 aromatic rings. The second-order valence-corrected chi connectivity index (χ2v) is 10.2. The Hall–Kier alpha value is -4.34. The van der Waals surface area contributed by atoms with Gasteiger partial charge < -0.3 is 14.2 Å². The van der Waals surface area contributed by atoms with E-state index in [1.165, 1.54) is 16.8 Å². The molecule has 6 rings (SSSR count). The number of anilines is 1. The largest absolute Gasteiger partial charge is 0.383 e. The van der Waals surface area contributed by atoms with Gasteiger partial charge in [0.05, 0.1) is 19.0 Å². The summed E-state index contributed by atoms with van der Waals surface area (Å²) in [5, 5.41) is 14.5. The molecule has 0 saturated heterocycles. The minimum absolute atomic E-state index is 0.662. The van der Waals surface area contributed by atoms with E-state index in [0.717, 1.165) is 67.6 Å². The van der Waals surface area contributed by atoms with Crippen molar-refractivity contribution in [2.24, 2.45) is 0 Å². The van der Waals surface area contributed by atoms with E-state index in [0.29, 0.717) is 12.4 Å². The highest BCUT2D eigenvalue weighted by atomic mass is 16.5. The number of aryl methyl sites for hydroxylation is 1. The summed E-state index contributed by atoms with van der Waals surface area (Å²) >= 11 is 0. The van der Waals surface area contributed by atoms with Gasteiger partial charge in [-0.25, -0.2) is 10.1 Å². The first kappa shape index (κ1) is 25.9. The highest BCUT2D eigenvalue weighted by Crippen LogP contribution is 2.31. The molecule has 0 spiro atoms. The Balaban J connectivity index is 1.23. The fraction of sp³-hybridized carbons (Fsp3) is 0.290. The maximum atomic E-state index is 5.43. The van der Waals surface area contributed by atoms with Crippen LogP contribution in [-0.2, 0) is 24.2 Å². The summed E-state index contributed by atoms with van der Waals surface area (Å²) in [6, 6.07) is 27.6. The number of aromatic amines is 1. The maximum absolute atomic E-state index is 5.43. The molecule has 9 heteroatoms. The number of aromatic nitrogens is 6. The van der Waals surface area contributed by atoms with Gasteiger partial charge in [0.15, 0.2) is 11.6 Å². The topological polar surface area (TPSA) is 88.0 Å². The summed E-state index contributed by atoms with van der Waals surface area (Å²) in [6.45, 7) is 7.09. The normalized spacial score (nSPS) is 13.5. The third-order valence-electron chi connectivity index (χ3n) is 7.54. The van der Waals surface area contributed by atoms with Gasteiger partial charge in [0, 0.05) is 38.9 Å². The van der Waals surface area contributed by atoms with Crippen molar-refractivity contribution in [1.82, 2.24) is 35.1 Å². The van der Waals surface area contributed by atoms with Crippen molar-refractivity contribution in [3.63, 3.8) is 0 Å². The van der Waals surface area contributed by atoms with Gasteiger partial charge in [-0.05, 0) is 46.0 Å². The molecule has 3 aromatic carbocycles. The molecular formula is C31H34N8O. The Morgan fingerprint density at radius 3 is 2.40 bits per heavy atom. The van der Waals surface area contributed by atoms with Gasteiger partial charge in [-0.3, -0.25) is 4.90 Å². The van der Waals surface area contributed by atoms with Crippen LogP contribution >= 0.6 is 0 Å². The number of tetrazole rings is 1. The van der Waals surface area contributed by atoms with Crippen LogP contribution in [0.1, 0.15) is 22.6 Å². The fourth-order valence-corrected chi connectivity index (χ4v) is 5.43. The lowest BCUT2D eigenvalue weighted by Gasteiger charge is -2.36. The molecule has 204 valence electrons. The van der Waals surface area contributed by atoms with Crippen molar-refractivity contribution < 1.29 is 4.74 Å². The number of benzene rings is 3. The van der Waals surface area contributed by atoms with E-state index in [1.807, 2.05) is 18.2 Å². The van der Waals surface area contributed by atoms with Gasteiger partial charge in [-0.15, -0.1) is 5.10 Å². The van der Waals surface area contributed by atoms with Crippen LogP contribution in [-0.4, -0.2) is 68.6 Å². The molecule has 0 amide bonds. The van der Waals surface area contributed by atoms with Crippen LogP contribution < -0.4 is 4.90 Å². The van der Waals surface area contributed by atoms with Crippen LogP contribution in [0.5, 0.6) is 0 Å². The standard InChI is InChI=1S/C31H34N8O/c1-23-32-31-29(21-37(22-38(31)18-19-40-2)17-16-24-8-4-3-5-9-24)39(23)20-25-12-14-26(15-13-25)27-10-6-7-11-28(27)30-33-35-36-34-30/h3-15H,16-22H2,1-2H3,(H,33,34,35,36). The number of H-pyrrole nitrogens is 1. The van der Waals surface area contributed by atoms with Gasteiger partial charge in [0.2, 0.25) is 0 Å². The summed E-state index contributed by atoms with van der Waals surface area (Å²) < 4.78 is 7.80. The second kappa shape index (κ2) is 11.8. The lowest BCUT2D eigenvalue weighted by atomic mass is 9.98. The first-order valence-electron chi connectivity index (χ1n) is 13.7. The average molecular weight is 535 g/mol. The molecule has 0 bridgehead atoms. The number of hydrogen-bond acceptors (Lipinski definition) is 7. The third-order valence-corrected chi connectivity index (χ3v) is 7.54. The number of nitrogens with zero attached hydrogens (tertiary/aromatic N) is 7. The Morgan fingerprint density at radius 1 is 0.875 bits per heavy atom. The van der Waals surface area contributed by atoms with Gasteiger partial charge >= 0.3 is 0 Å². The SMILES string of the molecule is COCCN1CN(CCc2ccccc2)Cc2c1nc(C)n2Cc1ccc(-c2ccccc2-c2nnn[nH]2)cc1. The van der Waals surface area contributed by atoms with Gasteiger partial charge in [0.25, 0.3) is 0 Å². The predicted octanol–water partition coefficient (Wildman–Crippen LogP) is 4.56. The summed E-state index contributed by atoms with van der Waals surface area (Å²) in [7, 11) is 1.76. The van der Waals surface area contributed by atoms with E-state index in [-0.39, 0.29) is 0 Å². The first-order chi connectivity index (χ1) is 19.7. The van der Waals surface area contributed by atoms with Crippen LogP contribution in [0.25, 0.3) is 22.5 Å². The molecule has 0 radical (unpaired) electrons. The number of nitrogens with one attached hydrogen (secondary N) is 1. The summed E-state index contributed by atoms with van der Waals surface area (Å²) in [5.74, 6) is 2.77. The molecule has 9 nitrogen and oxygen atoms in total. The Morgan fingerprint density at radius 2 is 1.65 bits per heavy atom.